The minimum atomic E-state index is 0.0216. The van der Waals surface area contributed by atoms with Gasteiger partial charge in [-0.1, -0.05) is 23.8 Å². The fourth-order valence-corrected chi connectivity index (χ4v) is 2.08. The number of halogens is 1. The highest BCUT2D eigenvalue weighted by Crippen LogP contribution is 2.23. The fraction of sp³-hybridized carbons (Fsp3) is 0.385. The van der Waals surface area contributed by atoms with E-state index in [0.29, 0.717) is 35.4 Å². The molecule has 6 heteroatoms. The maximum atomic E-state index is 11.4. The van der Waals surface area contributed by atoms with Crippen molar-refractivity contribution in [1.29, 1.82) is 0 Å². The van der Waals surface area contributed by atoms with Gasteiger partial charge in [-0.05, 0) is 31.0 Å². The van der Waals surface area contributed by atoms with E-state index in [4.69, 9.17) is 34.3 Å². The van der Waals surface area contributed by atoms with Crippen LogP contribution in [-0.2, 0) is 4.79 Å². The lowest BCUT2D eigenvalue weighted by Crippen LogP contribution is -2.26. The predicted octanol–water partition coefficient (Wildman–Crippen LogP) is 2.02. The summed E-state index contributed by atoms with van der Waals surface area (Å²) >= 11 is 10.9. The number of rotatable bonds is 6. The lowest BCUT2D eigenvalue weighted by Gasteiger charge is -2.08. The Kier molecular flexibility index (Phi) is 4.61. The molecule has 0 saturated heterocycles. The van der Waals surface area contributed by atoms with Crippen LogP contribution in [-0.4, -0.2) is 23.5 Å². The van der Waals surface area contributed by atoms with Crippen LogP contribution in [0.3, 0.4) is 0 Å². The number of carbonyl (C=O) groups excluding carboxylic acids is 1. The van der Waals surface area contributed by atoms with Crippen molar-refractivity contribution in [3.63, 3.8) is 0 Å². The molecule has 0 unspecified atom stereocenters. The summed E-state index contributed by atoms with van der Waals surface area (Å²) in [5.41, 5.74) is 6.13. The van der Waals surface area contributed by atoms with Gasteiger partial charge in [0.2, 0.25) is 5.91 Å². The Bertz CT molecular complexity index is 503. The smallest absolute Gasteiger partial charge is 0.223 e. The van der Waals surface area contributed by atoms with Gasteiger partial charge in [0.1, 0.15) is 10.7 Å². The third kappa shape index (κ3) is 4.36. The molecule has 4 nitrogen and oxygen atoms in total. The number of benzene rings is 1. The van der Waals surface area contributed by atoms with Gasteiger partial charge in [0.25, 0.3) is 0 Å². The lowest BCUT2D eigenvalue weighted by molar-refractivity contribution is -0.121. The molecule has 102 valence electrons. The van der Waals surface area contributed by atoms with E-state index in [1.807, 2.05) is 0 Å². The van der Waals surface area contributed by atoms with Crippen molar-refractivity contribution >= 4 is 34.7 Å². The van der Waals surface area contributed by atoms with Crippen molar-refractivity contribution < 1.29 is 9.53 Å². The van der Waals surface area contributed by atoms with Crippen LogP contribution >= 0.6 is 23.8 Å². The summed E-state index contributed by atoms with van der Waals surface area (Å²) in [6, 6.07) is 5.48. The Morgan fingerprint density at radius 1 is 1.53 bits per heavy atom. The topological polar surface area (TPSA) is 64.3 Å². The van der Waals surface area contributed by atoms with E-state index in [2.05, 4.69) is 5.32 Å². The van der Waals surface area contributed by atoms with E-state index in [1.54, 1.807) is 18.2 Å². The Labute approximate surface area is 122 Å². The van der Waals surface area contributed by atoms with Gasteiger partial charge in [0.05, 0.1) is 18.1 Å². The van der Waals surface area contributed by atoms with E-state index in [-0.39, 0.29) is 10.9 Å². The van der Waals surface area contributed by atoms with Crippen molar-refractivity contribution in [2.75, 3.05) is 6.61 Å². The van der Waals surface area contributed by atoms with E-state index >= 15 is 0 Å². The summed E-state index contributed by atoms with van der Waals surface area (Å²) in [5, 5.41) is 3.35. The molecule has 3 N–H and O–H groups in total. The molecule has 0 bridgehead atoms. The van der Waals surface area contributed by atoms with E-state index in [1.165, 1.54) is 0 Å². The minimum Gasteiger partial charge on any atom is -0.493 e. The van der Waals surface area contributed by atoms with Gasteiger partial charge in [-0.3, -0.25) is 4.79 Å². The number of hydrogen-bond acceptors (Lipinski definition) is 3. The summed E-state index contributed by atoms with van der Waals surface area (Å²) in [4.78, 5) is 11.7. The Hall–Kier alpha value is -1.33. The van der Waals surface area contributed by atoms with Gasteiger partial charge >= 0.3 is 0 Å². The van der Waals surface area contributed by atoms with Crippen molar-refractivity contribution in [1.82, 2.24) is 5.32 Å². The maximum Gasteiger partial charge on any atom is 0.223 e. The minimum absolute atomic E-state index is 0.0216. The number of amides is 1. The van der Waals surface area contributed by atoms with Crippen LogP contribution in [0.4, 0.5) is 0 Å². The van der Waals surface area contributed by atoms with Crippen LogP contribution < -0.4 is 15.8 Å². The summed E-state index contributed by atoms with van der Waals surface area (Å²) in [7, 11) is 0. The van der Waals surface area contributed by atoms with Gasteiger partial charge in [-0.15, -0.1) is 0 Å². The summed E-state index contributed by atoms with van der Waals surface area (Å²) in [6.45, 7) is 0.321. The second-order valence-corrected chi connectivity index (χ2v) is 5.29. The molecule has 1 aliphatic rings. The number of carbonyl (C=O) groups is 1. The number of hydrogen-bond donors (Lipinski definition) is 2. The zero-order valence-electron chi connectivity index (χ0n) is 10.3. The molecule has 1 fully saturated rings. The average Bonchev–Trinajstić information content (AvgIpc) is 3.12. The molecule has 2 rings (SSSR count). The van der Waals surface area contributed by atoms with Gasteiger partial charge in [-0.25, -0.2) is 0 Å². The Morgan fingerprint density at radius 3 is 2.84 bits per heavy atom. The molecule has 0 atom stereocenters. The second kappa shape index (κ2) is 6.21. The molecule has 1 aliphatic carbocycles. The normalized spacial score (nSPS) is 13.9. The lowest BCUT2D eigenvalue weighted by atomic mass is 10.2. The van der Waals surface area contributed by atoms with Crippen LogP contribution in [0.1, 0.15) is 24.8 Å². The molecule has 19 heavy (non-hydrogen) atoms. The fourth-order valence-electron chi connectivity index (χ4n) is 1.57. The van der Waals surface area contributed by atoms with E-state index in [0.717, 1.165) is 12.8 Å². The highest BCUT2D eigenvalue weighted by Gasteiger charge is 2.22. The number of nitrogens with one attached hydrogen (secondary N) is 1. The summed E-state index contributed by atoms with van der Waals surface area (Å²) in [6.07, 6.45) is 2.51. The van der Waals surface area contributed by atoms with Crippen LogP contribution in [0.2, 0.25) is 5.02 Å². The molecule has 0 spiro atoms. The summed E-state index contributed by atoms with van der Waals surface area (Å²) in [5.74, 6) is 0.623. The highest BCUT2D eigenvalue weighted by molar-refractivity contribution is 7.80. The maximum absolute atomic E-state index is 11.4. The first-order chi connectivity index (χ1) is 9.06. The number of nitrogens with two attached hydrogens (primary N) is 1. The predicted molar refractivity (Wildman–Crippen MR) is 78.6 cm³/mol. The zero-order chi connectivity index (χ0) is 13.8. The van der Waals surface area contributed by atoms with Gasteiger partial charge in [0.15, 0.2) is 0 Å². The van der Waals surface area contributed by atoms with Crippen LogP contribution in [0, 0.1) is 0 Å². The van der Waals surface area contributed by atoms with Crippen LogP contribution in [0.25, 0.3) is 0 Å². The molecule has 0 radical (unpaired) electrons. The van der Waals surface area contributed by atoms with Crippen molar-refractivity contribution in [2.45, 2.75) is 25.3 Å². The van der Waals surface area contributed by atoms with Crippen LogP contribution in [0.5, 0.6) is 5.75 Å². The molecule has 1 amide bonds. The van der Waals surface area contributed by atoms with Crippen molar-refractivity contribution in [3.05, 3.63) is 28.8 Å². The largest absolute Gasteiger partial charge is 0.493 e. The third-order valence-electron chi connectivity index (χ3n) is 2.75. The number of thiocarbonyl (C=S) groups is 1. The zero-order valence-corrected chi connectivity index (χ0v) is 11.9. The average molecular weight is 299 g/mol. The summed E-state index contributed by atoms with van der Waals surface area (Å²) < 4.78 is 5.46. The highest BCUT2D eigenvalue weighted by atomic mass is 35.5. The molecule has 1 aromatic rings. The standard InChI is InChI=1S/C13H15ClN2O2S/c14-11-7-9(3-4-10(11)13(15)19)18-6-5-12(17)16-8-1-2-8/h3-4,7-8H,1-2,5-6H2,(H2,15,19)(H,16,17). The van der Waals surface area contributed by atoms with Gasteiger partial charge < -0.3 is 15.8 Å². The van der Waals surface area contributed by atoms with Crippen LogP contribution in [0.15, 0.2) is 18.2 Å². The molecule has 1 saturated carbocycles. The van der Waals surface area contributed by atoms with Gasteiger partial charge in [-0.2, -0.15) is 0 Å². The monoisotopic (exact) mass is 298 g/mol. The second-order valence-electron chi connectivity index (χ2n) is 4.45. The van der Waals surface area contributed by atoms with E-state index < -0.39 is 0 Å². The quantitative estimate of drug-likeness (QED) is 0.789. The molecular weight excluding hydrogens is 284 g/mol. The SMILES string of the molecule is NC(=S)c1ccc(OCCC(=O)NC2CC2)cc1Cl. The molecule has 0 heterocycles. The molecule has 1 aromatic carbocycles. The van der Waals surface area contributed by atoms with Crippen molar-refractivity contribution in [3.8, 4) is 5.75 Å². The first-order valence-corrected chi connectivity index (χ1v) is 6.86. The first-order valence-electron chi connectivity index (χ1n) is 6.08. The molecule has 0 aromatic heterocycles. The molecular formula is C13H15ClN2O2S. The Balaban J connectivity index is 1.80. The van der Waals surface area contributed by atoms with E-state index in [9.17, 15) is 4.79 Å². The first kappa shape index (κ1) is 14.1. The Morgan fingerprint density at radius 2 is 2.26 bits per heavy atom. The third-order valence-corrected chi connectivity index (χ3v) is 3.28. The van der Waals surface area contributed by atoms with Gasteiger partial charge in [0, 0.05) is 11.6 Å². The van der Waals surface area contributed by atoms with Crippen molar-refractivity contribution in [2.24, 2.45) is 5.73 Å². The number of ether oxygens (including phenoxy) is 1. The molecule has 0 aliphatic heterocycles.